The molecule has 0 amide bonds. The van der Waals surface area contributed by atoms with E-state index in [1.807, 2.05) is 0 Å². The van der Waals surface area contributed by atoms with Gasteiger partial charge in [-0.15, -0.1) is 0 Å². The second kappa shape index (κ2) is 10.2. The zero-order valence-corrected chi connectivity index (χ0v) is 34.4. The van der Waals surface area contributed by atoms with Crippen LogP contribution in [-0.4, -0.2) is 20.7 Å². The number of fused-ring (bicyclic) bond motifs is 11. The van der Waals surface area contributed by atoms with Crippen molar-refractivity contribution in [3.8, 4) is 11.4 Å². The molecule has 0 radical (unpaired) electrons. The number of nitrogens with zero attached hydrogens (tertiary/aromatic N) is 3. The molecule has 12 aliphatic carbocycles. The highest BCUT2D eigenvalue weighted by Crippen LogP contribution is 2.63. The maximum atomic E-state index is 15.4. The monoisotopic (exact) mass is 771 g/mol. The van der Waals surface area contributed by atoms with Crippen molar-refractivity contribution < 1.29 is 0 Å². The Bertz CT molecular complexity index is 2940. The number of aromatic nitrogens is 3. The lowest BCUT2D eigenvalue weighted by atomic mass is 9.46. The second-order valence-corrected chi connectivity index (χ2v) is 23.8. The normalized spacial score (nSPS) is 39.2. The molecule has 0 N–H and O–H groups in total. The molecular formula is C54H54BN3O. The lowest BCUT2D eigenvalue weighted by Gasteiger charge is -2.57. The molecule has 10 fully saturated rings. The van der Waals surface area contributed by atoms with Gasteiger partial charge in [0.1, 0.15) is 0 Å². The topological polar surface area (TPSA) is 31.9 Å². The van der Waals surface area contributed by atoms with Crippen LogP contribution in [0.15, 0.2) is 65.5 Å². The minimum absolute atomic E-state index is 0.108. The number of hydrogen-bond donors (Lipinski definition) is 0. The summed E-state index contributed by atoms with van der Waals surface area (Å²) in [5.41, 5.74) is 16.4. The Morgan fingerprint density at radius 1 is 0.492 bits per heavy atom. The van der Waals surface area contributed by atoms with E-state index in [0.29, 0.717) is 22.7 Å². The minimum atomic E-state index is -0.108. The molecule has 2 aliphatic heterocycles. The largest absolute Gasteiger partial charge is 0.357 e. The van der Waals surface area contributed by atoms with Gasteiger partial charge in [0.2, 0.25) is 0 Å². The zero-order chi connectivity index (χ0) is 37.8. The Kier molecular flexibility index (Phi) is 5.50. The summed E-state index contributed by atoms with van der Waals surface area (Å²) in [4.78, 5) is 15.4. The summed E-state index contributed by atoms with van der Waals surface area (Å²) < 4.78 is 7.36. The van der Waals surface area contributed by atoms with E-state index in [0.717, 1.165) is 58.2 Å². The molecule has 20 rings (SSSR count). The quantitative estimate of drug-likeness (QED) is 0.161. The predicted molar refractivity (Wildman–Crippen MR) is 238 cm³/mol. The van der Waals surface area contributed by atoms with Gasteiger partial charge in [-0.2, -0.15) is 0 Å². The average molecular weight is 772 g/mol. The molecule has 4 heterocycles. The van der Waals surface area contributed by atoms with Crippen molar-refractivity contribution in [2.24, 2.45) is 47.3 Å². The smallest absolute Gasteiger partial charge is 0.310 e. The van der Waals surface area contributed by atoms with Crippen molar-refractivity contribution in [3.05, 3.63) is 93.3 Å². The Balaban J connectivity index is 0.928. The lowest BCUT2D eigenvalue weighted by molar-refractivity contribution is -0.00525. The molecule has 59 heavy (non-hydrogen) atoms. The van der Waals surface area contributed by atoms with Gasteiger partial charge in [0.15, 0.2) is 0 Å². The molecule has 4 nitrogen and oxygen atoms in total. The van der Waals surface area contributed by atoms with Gasteiger partial charge in [0.05, 0.1) is 27.6 Å². The SMILES string of the molecule is O=c1c2cc3c(cc2n2n1B1c4cc(C56CC7CC(CC(C7)C5)C6)ccc4-n4c5ccc(C67CC8CC(CC(C8)C6)C7)cc5c5ccc-2c1c54)C1CC2CC(CC3C2)C1. The summed E-state index contributed by atoms with van der Waals surface area (Å²) in [5.74, 6) is 8.53. The van der Waals surface area contributed by atoms with E-state index in [9.17, 15) is 0 Å². The van der Waals surface area contributed by atoms with E-state index in [1.165, 1.54) is 159 Å². The first-order valence-electron chi connectivity index (χ1n) is 24.5. The van der Waals surface area contributed by atoms with Gasteiger partial charge in [0, 0.05) is 21.9 Å². The zero-order valence-electron chi connectivity index (χ0n) is 34.4. The summed E-state index contributed by atoms with van der Waals surface area (Å²) in [6, 6.07) is 25.4. The average Bonchev–Trinajstić information content (AvgIpc) is 3.79. The number of benzene rings is 4. The van der Waals surface area contributed by atoms with Gasteiger partial charge in [0.25, 0.3) is 5.56 Å². The highest BCUT2D eigenvalue weighted by Gasteiger charge is 2.54. The fourth-order valence-electron chi connectivity index (χ4n) is 19.6. The fourth-order valence-corrected chi connectivity index (χ4v) is 19.6. The first-order chi connectivity index (χ1) is 28.9. The molecule has 2 unspecified atom stereocenters. The molecule has 294 valence electrons. The van der Waals surface area contributed by atoms with Gasteiger partial charge in [-0.25, -0.2) is 0 Å². The van der Waals surface area contributed by atoms with E-state index in [4.69, 9.17) is 0 Å². The molecule has 5 heteroatoms. The van der Waals surface area contributed by atoms with Gasteiger partial charge in [-0.3, -0.25) is 14.1 Å². The predicted octanol–water partition coefficient (Wildman–Crippen LogP) is 10.5. The van der Waals surface area contributed by atoms with Gasteiger partial charge in [-0.1, -0.05) is 24.3 Å². The van der Waals surface area contributed by atoms with Crippen molar-refractivity contribution in [3.63, 3.8) is 0 Å². The van der Waals surface area contributed by atoms with Gasteiger partial charge < -0.3 is 4.57 Å². The van der Waals surface area contributed by atoms with E-state index < -0.39 is 0 Å². The molecule has 4 aromatic carbocycles. The van der Waals surface area contributed by atoms with Crippen LogP contribution in [0.3, 0.4) is 0 Å². The molecule has 0 spiro atoms. The van der Waals surface area contributed by atoms with Crippen molar-refractivity contribution in [2.45, 2.75) is 132 Å². The highest BCUT2D eigenvalue weighted by atomic mass is 16.1. The van der Waals surface area contributed by atoms with E-state index in [2.05, 4.69) is 74.5 Å². The Morgan fingerprint density at radius 2 is 1.03 bits per heavy atom. The van der Waals surface area contributed by atoms with Crippen LogP contribution in [0.25, 0.3) is 44.1 Å². The van der Waals surface area contributed by atoms with Gasteiger partial charge >= 0.3 is 6.85 Å². The third kappa shape index (κ3) is 3.77. The highest BCUT2D eigenvalue weighted by molar-refractivity contribution is 6.88. The van der Waals surface area contributed by atoms with Crippen molar-refractivity contribution >= 4 is 50.5 Å². The molecular weight excluding hydrogens is 717 g/mol. The standard InChI is InChI=1S/C54H54BN3O/c59-52-44-20-41-36-14-28-7-29(15-36)17-37(16-28)42(41)21-49(44)57-48-6-3-40-43-18-38(53-22-30-8-31(23-53)10-32(9-30)24-53)1-4-46(43)56-47-5-2-39(19-45(47)55(58(52)57)50(48)51(40)56)54-25-33-11-34(26-54)13-35(12-33)27-54/h1-6,18-21,28-37H,7-17,22-27H2. The maximum absolute atomic E-state index is 15.4. The summed E-state index contributed by atoms with van der Waals surface area (Å²) >= 11 is 0. The second-order valence-electron chi connectivity index (χ2n) is 23.8. The Labute approximate surface area is 346 Å². The van der Waals surface area contributed by atoms with Crippen LogP contribution >= 0.6 is 0 Å². The van der Waals surface area contributed by atoms with Crippen LogP contribution < -0.4 is 16.5 Å². The molecule has 2 atom stereocenters. The molecule has 2 aromatic heterocycles. The Morgan fingerprint density at radius 3 is 1.66 bits per heavy atom. The first kappa shape index (κ1) is 31.8. The maximum Gasteiger partial charge on any atom is 0.357 e. The van der Waals surface area contributed by atoms with Crippen LogP contribution in [0.4, 0.5) is 0 Å². The molecule has 10 saturated carbocycles. The van der Waals surface area contributed by atoms with Crippen LogP contribution in [0.1, 0.15) is 143 Å². The molecule has 0 saturated heterocycles. The lowest BCUT2D eigenvalue weighted by Crippen LogP contribution is -2.54. The summed E-state index contributed by atoms with van der Waals surface area (Å²) in [7, 11) is 0. The first-order valence-corrected chi connectivity index (χ1v) is 24.5. The van der Waals surface area contributed by atoms with Crippen LogP contribution in [0.5, 0.6) is 0 Å². The van der Waals surface area contributed by atoms with Crippen LogP contribution in [0, 0.1) is 47.3 Å². The third-order valence-electron chi connectivity index (χ3n) is 20.7. The fraction of sp³-hybridized carbons (Fsp3) is 0.537. The summed E-state index contributed by atoms with van der Waals surface area (Å²) in [6.45, 7) is -0.108. The number of hydrogen-bond acceptors (Lipinski definition) is 1. The van der Waals surface area contributed by atoms with E-state index in [1.54, 1.807) is 16.7 Å². The van der Waals surface area contributed by atoms with Crippen LogP contribution in [-0.2, 0) is 10.8 Å². The van der Waals surface area contributed by atoms with Gasteiger partial charge in [-0.05, 0) is 243 Å². The minimum Gasteiger partial charge on any atom is -0.310 e. The number of rotatable bonds is 2. The molecule has 6 aromatic rings. The van der Waals surface area contributed by atoms with Crippen molar-refractivity contribution in [1.82, 2.24) is 13.8 Å². The third-order valence-corrected chi connectivity index (χ3v) is 20.7. The summed E-state index contributed by atoms with van der Waals surface area (Å²) in [6.07, 6.45) is 23.9. The van der Waals surface area contributed by atoms with Crippen molar-refractivity contribution in [1.29, 1.82) is 0 Å². The van der Waals surface area contributed by atoms with E-state index >= 15 is 4.79 Å². The van der Waals surface area contributed by atoms with Crippen molar-refractivity contribution in [2.75, 3.05) is 0 Å². The summed E-state index contributed by atoms with van der Waals surface area (Å²) in [5, 5.41) is 3.77. The molecule has 14 aliphatic rings. The van der Waals surface area contributed by atoms with E-state index in [-0.39, 0.29) is 12.4 Å². The molecule has 12 bridgehead atoms. The Hall–Kier alpha value is -3.99. The van der Waals surface area contributed by atoms with Crippen LogP contribution in [0.2, 0.25) is 0 Å².